The van der Waals surface area contributed by atoms with Crippen molar-refractivity contribution in [3.63, 3.8) is 0 Å². The van der Waals surface area contributed by atoms with Gasteiger partial charge in [-0.1, -0.05) is 11.6 Å². The maximum Gasteiger partial charge on any atom is 0.165 e. The second-order valence-electron chi connectivity index (χ2n) is 13.6. The Morgan fingerprint density at radius 2 is 1.14 bits per heavy atom. The lowest BCUT2D eigenvalue weighted by atomic mass is 10.0. The van der Waals surface area contributed by atoms with Crippen LogP contribution >= 0.6 is 11.6 Å². The van der Waals surface area contributed by atoms with Crippen LogP contribution in [0.15, 0.2) is 116 Å². The van der Waals surface area contributed by atoms with Crippen molar-refractivity contribution in [1.82, 2.24) is 58.3 Å². The molecular formula is C43H37ClN12O2. The lowest BCUT2D eigenvalue weighted by Gasteiger charge is -2.12. The summed E-state index contributed by atoms with van der Waals surface area (Å²) >= 11 is 6.32. The number of benzene rings is 2. The summed E-state index contributed by atoms with van der Waals surface area (Å²) in [6.07, 6.45) is 11.1. The van der Waals surface area contributed by atoms with Crippen molar-refractivity contribution in [3.05, 3.63) is 144 Å². The number of hydrogen-bond donors (Lipinski definition) is 0. The van der Waals surface area contributed by atoms with Crippen molar-refractivity contribution < 1.29 is 9.47 Å². The molecule has 10 rings (SSSR count). The molecule has 8 heterocycles. The van der Waals surface area contributed by atoms with Crippen molar-refractivity contribution in [2.75, 3.05) is 14.2 Å². The van der Waals surface area contributed by atoms with E-state index in [0.29, 0.717) is 10.8 Å². The summed E-state index contributed by atoms with van der Waals surface area (Å²) in [5.41, 5.74) is 11.3. The zero-order valence-electron chi connectivity index (χ0n) is 32.5. The first-order valence-electron chi connectivity index (χ1n) is 18.4. The Morgan fingerprint density at radius 3 is 1.71 bits per heavy atom. The summed E-state index contributed by atoms with van der Waals surface area (Å²) in [6.45, 7) is 7.84. The quantitative estimate of drug-likeness (QED) is 0.146. The minimum Gasteiger partial charge on any atom is -0.496 e. The molecule has 58 heavy (non-hydrogen) atoms. The van der Waals surface area contributed by atoms with E-state index < -0.39 is 0 Å². The van der Waals surface area contributed by atoms with Gasteiger partial charge < -0.3 is 9.47 Å². The number of methoxy groups -OCH3 is 2. The van der Waals surface area contributed by atoms with E-state index in [1.165, 1.54) is 0 Å². The third-order valence-electron chi connectivity index (χ3n) is 9.86. The summed E-state index contributed by atoms with van der Waals surface area (Å²) in [4.78, 5) is 14.1. The minimum atomic E-state index is 0.531. The molecule has 0 radical (unpaired) electrons. The van der Waals surface area contributed by atoms with E-state index >= 15 is 0 Å². The van der Waals surface area contributed by atoms with Crippen molar-refractivity contribution in [3.8, 4) is 50.9 Å². The van der Waals surface area contributed by atoms with Gasteiger partial charge in [-0.25, -0.2) is 28.8 Å². The van der Waals surface area contributed by atoms with E-state index in [4.69, 9.17) is 31.2 Å². The van der Waals surface area contributed by atoms with Crippen LogP contribution in [0.25, 0.3) is 61.8 Å². The highest BCUT2D eigenvalue weighted by Crippen LogP contribution is 2.38. The summed E-state index contributed by atoms with van der Waals surface area (Å²) in [6, 6.07) is 25.6. The smallest absolute Gasteiger partial charge is 0.165 e. The van der Waals surface area contributed by atoms with E-state index in [2.05, 4.69) is 37.4 Å². The van der Waals surface area contributed by atoms with Crippen LogP contribution in [0, 0.1) is 27.7 Å². The largest absolute Gasteiger partial charge is 0.496 e. The number of fused-ring (bicyclic) bond motifs is 3. The fraction of sp³-hybridized carbons (Fsp3) is 0.140. The topological polar surface area (TPSA) is 132 Å². The van der Waals surface area contributed by atoms with Gasteiger partial charge in [-0.15, -0.1) is 0 Å². The Kier molecular flexibility index (Phi) is 9.17. The average Bonchev–Trinajstić information content (AvgIpc) is 4.08. The number of nitrogens with zero attached hydrogens (tertiary/aromatic N) is 12. The van der Waals surface area contributed by atoms with Crippen molar-refractivity contribution in [2.24, 2.45) is 0 Å². The minimum absolute atomic E-state index is 0.531. The van der Waals surface area contributed by atoms with Gasteiger partial charge in [0.05, 0.1) is 48.1 Å². The van der Waals surface area contributed by atoms with Gasteiger partial charge >= 0.3 is 0 Å². The van der Waals surface area contributed by atoms with Gasteiger partial charge in [0.15, 0.2) is 11.3 Å². The normalized spacial score (nSPS) is 11.4. The Morgan fingerprint density at radius 1 is 0.569 bits per heavy atom. The maximum atomic E-state index is 6.32. The first-order valence-corrected chi connectivity index (χ1v) is 18.8. The van der Waals surface area contributed by atoms with Crippen LogP contribution in [0.1, 0.15) is 22.8 Å². The molecular weight excluding hydrogens is 752 g/mol. The Bertz CT molecular complexity index is 3110. The highest BCUT2D eigenvalue weighted by atomic mass is 35.5. The average molecular weight is 789 g/mol. The summed E-state index contributed by atoms with van der Waals surface area (Å²) < 4.78 is 20.6. The number of hydrogen-bond acceptors (Lipinski definition) is 9. The molecule has 0 spiro atoms. The highest BCUT2D eigenvalue weighted by molar-refractivity contribution is 6.29. The third-order valence-corrected chi connectivity index (χ3v) is 10.1. The van der Waals surface area contributed by atoms with Crippen molar-refractivity contribution in [2.45, 2.75) is 27.7 Å². The van der Waals surface area contributed by atoms with Gasteiger partial charge in [0.2, 0.25) is 0 Å². The van der Waals surface area contributed by atoms with Crippen molar-refractivity contribution >= 4 is 33.9 Å². The van der Waals surface area contributed by atoms with Crippen LogP contribution in [0.3, 0.4) is 0 Å². The molecule has 15 heteroatoms. The van der Waals surface area contributed by atoms with Gasteiger partial charge in [-0.05, 0) is 88.4 Å². The summed E-state index contributed by atoms with van der Waals surface area (Å²) in [7, 11) is 3.33. The van der Waals surface area contributed by atoms with E-state index in [1.54, 1.807) is 52.8 Å². The van der Waals surface area contributed by atoms with Gasteiger partial charge in [0, 0.05) is 83.3 Å². The lowest BCUT2D eigenvalue weighted by molar-refractivity contribution is 0.416. The fourth-order valence-corrected chi connectivity index (χ4v) is 7.56. The summed E-state index contributed by atoms with van der Waals surface area (Å²) in [5.74, 6) is 2.34. The van der Waals surface area contributed by atoms with E-state index in [-0.39, 0.29) is 0 Å². The second-order valence-corrected chi connectivity index (χ2v) is 14.0. The molecule has 0 fully saturated rings. The van der Waals surface area contributed by atoms with Gasteiger partial charge in [-0.3, -0.25) is 4.57 Å². The van der Waals surface area contributed by atoms with Gasteiger partial charge in [0.25, 0.3) is 0 Å². The number of halogens is 1. The van der Waals surface area contributed by atoms with Crippen LogP contribution < -0.4 is 9.47 Å². The third kappa shape index (κ3) is 6.29. The first-order chi connectivity index (χ1) is 28.2. The van der Waals surface area contributed by atoms with Crippen LogP contribution in [0.4, 0.5) is 0 Å². The number of ether oxygens (including phenoxy) is 2. The molecule has 2 aromatic carbocycles. The number of aryl methyl sites for hydroxylation is 4. The van der Waals surface area contributed by atoms with E-state index in [9.17, 15) is 0 Å². The molecule has 0 saturated carbocycles. The molecule has 0 N–H and O–H groups in total. The number of aromatic nitrogens is 12. The molecule has 14 nitrogen and oxygen atoms in total. The van der Waals surface area contributed by atoms with Crippen LogP contribution in [-0.4, -0.2) is 72.5 Å². The van der Waals surface area contributed by atoms with Gasteiger partial charge in [-0.2, -0.15) is 24.9 Å². The lowest BCUT2D eigenvalue weighted by Crippen LogP contribution is -2.05. The second kappa shape index (κ2) is 14.6. The van der Waals surface area contributed by atoms with E-state index in [1.807, 2.05) is 116 Å². The Labute approximate surface area is 337 Å². The van der Waals surface area contributed by atoms with Crippen LogP contribution in [0.2, 0.25) is 5.15 Å². The van der Waals surface area contributed by atoms with Crippen LogP contribution in [-0.2, 0) is 0 Å². The molecule has 8 aromatic heterocycles. The standard InChI is InChI=1S/C25H21N7O.C18H16ClN5O/c1-16-14-22(30-13-9-18-6-4-10-26-24(18)30)32-25(28-16)23(17(2)29-32)20-8-7-19(15-21(20)33-3)31-12-5-11-27-31;1-11-9-16(19)24-18(21-11)17(12(2)22-24)14-6-5-13(10-15(14)25-3)23-8-4-7-20-23/h4-15H,1-3H3;4-10H,1-3H3. The first kappa shape index (κ1) is 36.3. The zero-order valence-corrected chi connectivity index (χ0v) is 33.3. The zero-order chi connectivity index (χ0) is 40.1. The molecule has 0 aliphatic heterocycles. The predicted octanol–water partition coefficient (Wildman–Crippen LogP) is 8.41. The number of rotatable bonds is 7. The molecule has 0 unspecified atom stereocenters. The van der Waals surface area contributed by atoms with E-state index in [0.717, 1.165) is 90.4 Å². The van der Waals surface area contributed by atoms with Gasteiger partial charge in [0.1, 0.15) is 28.1 Å². The van der Waals surface area contributed by atoms with Crippen molar-refractivity contribution in [1.29, 1.82) is 0 Å². The Balaban J connectivity index is 0.000000156. The monoisotopic (exact) mass is 788 g/mol. The number of pyridine rings is 1. The Hall–Kier alpha value is -7.32. The predicted molar refractivity (Wildman–Crippen MR) is 223 cm³/mol. The molecule has 10 aromatic rings. The molecule has 0 aliphatic rings. The molecule has 0 saturated heterocycles. The SMILES string of the molecule is COc1cc(-n2cccn2)ccc1-c1c(C)nn2c(-n3ccc4cccnc43)cc(C)nc12.COc1cc(-n2cccn2)ccc1-c1c(C)nn2c(Cl)cc(C)nc12. The molecule has 0 aliphatic carbocycles. The molecule has 288 valence electrons. The van der Waals surface area contributed by atoms with Crippen LogP contribution in [0.5, 0.6) is 11.5 Å². The fourth-order valence-electron chi connectivity index (χ4n) is 7.28. The maximum absolute atomic E-state index is 6.32. The summed E-state index contributed by atoms with van der Waals surface area (Å²) in [5, 5.41) is 19.6. The molecule has 0 amide bonds. The molecule has 0 atom stereocenters. The molecule has 0 bridgehead atoms. The highest BCUT2D eigenvalue weighted by Gasteiger charge is 2.22.